The minimum Gasteiger partial charge on any atom is -0.507 e. The van der Waals surface area contributed by atoms with Crippen molar-refractivity contribution in [2.24, 2.45) is 0 Å². The maximum atomic E-state index is 10.8. The lowest BCUT2D eigenvalue weighted by Crippen LogP contribution is -2.18. The van der Waals surface area contributed by atoms with Gasteiger partial charge in [-0.25, -0.2) is 4.79 Å². The number of carbonyl (C=O) groups is 1. The van der Waals surface area contributed by atoms with Gasteiger partial charge in [0.1, 0.15) is 12.4 Å². The van der Waals surface area contributed by atoms with E-state index in [2.05, 4.69) is 5.32 Å². The molecule has 1 heterocycles. The van der Waals surface area contributed by atoms with Gasteiger partial charge >= 0.3 is 6.09 Å². The quantitative estimate of drug-likeness (QED) is 0.773. The number of aryl methyl sites for hydroxylation is 1. The van der Waals surface area contributed by atoms with Gasteiger partial charge in [-0.05, 0) is 12.5 Å². The van der Waals surface area contributed by atoms with Gasteiger partial charge in [0.05, 0.1) is 6.04 Å². The molecule has 1 fully saturated rings. The predicted octanol–water partition coefficient (Wildman–Crippen LogP) is 1.90. The van der Waals surface area contributed by atoms with Crippen molar-refractivity contribution in [2.75, 3.05) is 6.61 Å². The fourth-order valence-corrected chi connectivity index (χ4v) is 1.51. The highest BCUT2D eigenvalue weighted by Gasteiger charge is 2.26. The van der Waals surface area contributed by atoms with Crippen molar-refractivity contribution >= 4 is 18.5 Å². The molecule has 0 unspecified atom stereocenters. The Kier molecular flexibility index (Phi) is 3.42. The molecule has 0 radical (unpaired) electrons. The Bertz CT molecular complexity index is 381. The number of phenols is 1. The number of halogens is 1. The lowest BCUT2D eigenvalue weighted by Gasteiger charge is -2.11. The maximum Gasteiger partial charge on any atom is 0.407 e. The Labute approximate surface area is 93.7 Å². The molecule has 1 atom stereocenters. The van der Waals surface area contributed by atoms with Crippen LogP contribution in [0.2, 0.25) is 0 Å². The van der Waals surface area contributed by atoms with Gasteiger partial charge in [-0.2, -0.15) is 0 Å². The van der Waals surface area contributed by atoms with E-state index in [-0.39, 0.29) is 30.8 Å². The van der Waals surface area contributed by atoms with E-state index in [1.54, 1.807) is 6.07 Å². The van der Waals surface area contributed by atoms with E-state index in [0.29, 0.717) is 5.56 Å². The molecule has 0 aliphatic carbocycles. The second-order valence-corrected chi connectivity index (χ2v) is 3.31. The van der Waals surface area contributed by atoms with Crippen LogP contribution < -0.4 is 5.32 Å². The van der Waals surface area contributed by atoms with Crippen molar-refractivity contribution in [1.82, 2.24) is 5.32 Å². The van der Waals surface area contributed by atoms with Crippen LogP contribution in [-0.2, 0) is 4.74 Å². The summed E-state index contributed by atoms with van der Waals surface area (Å²) in [6, 6.07) is 5.20. The molecule has 1 aromatic carbocycles. The molecule has 1 aliphatic heterocycles. The van der Waals surface area contributed by atoms with Crippen LogP contribution in [0, 0.1) is 6.92 Å². The summed E-state index contributed by atoms with van der Waals surface area (Å²) in [7, 11) is 0. The molecule has 2 N–H and O–H groups in total. The van der Waals surface area contributed by atoms with Crippen LogP contribution in [-0.4, -0.2) is 17.8 Å². The van der Waals surface area contributed by atoms with Crippen molar-refractivity contribution in [2.45, 2.75) is 13.0 Å². The summed E-state index contributed by atoms with van der Waals surface area (Å²) >= 11 is 0. The second kappa shape index (κ2) is 4.40. The number of para-hydroxylation sites is 1. The fraction of sp³-hybridized carbons (Fsp3) is 0.300. The van der Waals surface area contributed by atoms with Crippen LogP contribution in [0.15, 0.2) is 18.2 Å². The molecular weight excluding hydrogens is 218 g/mol. The summed E-state index contributed by atoms with van der Waals surface area (Å²) < 4.78 is 4.75. The molecule has 0 saturated carbocycles. The summed E-state index contributed by atoms with van der Waals surface area (Å²) in [6.07, 6.45) is -0.434. The molecular formula is C10H12ClNO3. The Morgan fingerprint density at radius 3 is 2.87 bits per heavy atom. The van der Waals surface area contributed by atoms with E-state index in [1.165, 1.54) is 0 Å². The lowest BCUT2D eigenvalue weighted by molar-refractivity contribution is 0.177. The van der Waals surface area contributed by atoms with Crippen molar-refractivity contribution in [1.29, 1.82) is 0 Å². The van der Waals surface area contributed by atoms with Crippen LogP contribution in [0.1, 0.15) is 17.2 Å². The maximum absolute atomic E-state index is 10.8. The summed E-state index contributed by atoms with van der Waals surface area (Å²) in [5.41, 5.74) is 1.50. The zero-order valence-corrected chi connectivity index (χ0v) is 9.00. The number of hydrogen-bond donors (Lipinski definition) is 2. The second-order valence-electron chi connectivity index (χ2n) is 3.31. The van der Waals surface area contributed by atoms with Crippen molar-refractivity contribution in [3.05, 3.63) is 29.3 Å². The summed E-state index contributed by atoms with van der Waals surface area (Å²) in [5, 5.41) is 12.4. The molecule has 15 heavy (non-hydrogen) atoms. The summed E-state index contributed by atoms with van der Waals surface area (Å²) in [4.78, 5) is 10.8. The Morgan fingerprint density at radius 2 is 2.27 bits per heavy atom. The molecule has 1 aromatic rings. The van der Waals surface area contributed by atoms with Gasteiger partial charge in [0.15, 0.2) is 0 Å². The third-order valence-electron chi connectivity index (χ3n) is 2.32. The van der Waals surface area contributed by atoms with Gasteiger partial charge in [0.25, 0.3) is 0 Å². The average Bonchev–Trinajstić information content (AvgIpc) is 2.57. The first-order chi connectivity index (χ1) is 6.68. The highest BCUT2D eigenvalue weighted by molar-refractivity contribution is 5.85. The van der Waals surface area contributed by atoms with Gasteiger partial charge < -0.3 is 15.2 Å². The van der Waals surface area contributed by atoms with Gasteiger partial charge in [0, 0.05) is 5.56 Å². The lowest BCUT2D eigenvalue weighted by atomic mass is 10.0. The zero-order valence-electron chi connectivity index (χ0n) is 8.19. The van der Waals surface area contributed by atoms with Crippen LogP contribution >= 0.6 is 12.4 Å². The number of alkyl carbamates (subject to hydrolysis) is 1. The smallest absolute Gasteiger partial charge is 0.407 e. The number of amides is 1. The van der Waals surface area contributed by atoms with E-state index in [4.69, 9.17) is 4.74 Å². The number of rotatable bonds is 1. The first kappa shape index (κ1) is 11.7. The first-order valence-electron chi connectivity index (χ1n) is 4.40. The SMILES string of the molecule is Cc1cccc([C@H]2COC(=O)N2)c1O.Cl. The number of nitrogens with one attached hydrogen (secondary N) is 1. The van der Waals surface area contributed by atoms with Gasteiger partial charge in [-0.15, -0.1) is 12.4 Å². The first-order valence-corrected chi connectivity index (χ1v) is 4.40. The average molecular weight is 230 g/mol. The van der Waals surface area contributed by atoms with Crippen LogP contribution in [0.5, 0.6) is 5.75 Å². The monoisotopic (exact) mass is 229 g/mol. The van der Waals surface area contributed by atoms with Crippen molar-refractivity contribution in [3.8, 4) is 5.75 Å². The molecule has 2 rings (SSSR count). The molecule has 5 heteroatoms. The number of carbonyl (C=O) groups excluding carboxylic acids is 1. The number of ether oxygens (including phenoxy) is 1. The number of phenolic OH excluding ortho intramolecular Hbond substituents is 1. The van der Waals surface area contributed by atoms with Crippen LogP contribution in [0.4, 0.5) is 4.79 Å². The van der Waals surface area contributed by atoms with Crippen LogP contribution in [0.25, 0.3) is 0 Å². The molecule has 1 saturated heterocycles. The van der Waals surface area contributed by atoms with Crippen molar-refractivity contribution < 1.29 is 14.6 Å². The minimum absolute atomic E-state index is 0. The van der Waals surface area contributed by atoms with E-state index < -0.39 is 6.09 Å². The van der Waals surface area contributed by atoms with Gasteiger partial charge in [-0.3, -0.25) is 0 Å². The van der Waals surface area contributed by atoms with Gasteiger partial charge in [0.2, 0.25) is 0 Å². The zero-order chi connectivity index (χ0) is 10.1. The highest BCUT2D eigenvalue weighted by Crippen LogP contribution is 2.29. The van der Waals surface area contributed by atoms with E-state index in [9.17, 15) is 9.90 Å². The van der Waals surface area contributed by atoms with Gasteiger partial charge in [-0.1, -0.05) is 18.2 Å². The number of hydrogen-bond acceptors (Lipinski definition) is 3. The molecule has 82 valence electrons. The van der Waals surface area contributed by atoms with E-state index in [0.717, 1.165) is 5.56 Å². The number of benzene rings is 1. The predicted molar refractivity (Wildman–Crippen MR) is 57.3 cm³/mol. The Balaban J connectivity index is 0.00000112. The molecule has 0 bridgehead atoms. The van der Waals surface area contributed by atoms with E-state index in [1.807, 2.05) is 19.1 Å². The topological polar surface area (TPSA) is 58.6 Å². The summed E-state index contributed by atoms with van der Waals surface area (Å²) in [5.74, 6) is 0.225. The number of cyclic esters (lactones) is 1. The third-order valence-corrected chi connectivity index (χ3v) is 2.32. The molecule has 4 nitrogen and oxygen atoms in total. The van der Waals surface area contributed by atoms with Crippen molar-refractivity contribution in [3.63, 3.8) is 0 Å². The molecule has 0 aromatic heterocycles. The molecule has 1 amide bonds. The summed E-state index contributed by atoms with van der Waals surface area (Å²) in [6.45, 7) is 2.09. The largest absolute Gasteiger partial charge is 0.507 e. The fourth-order valence-electron chi connectivity index (χ4n) is 1.51. The normalized spacial score (nSPS) is 19.0. The third kappa shape index (κ3) is 2.15. The van der Waals surface area contributed by atoms with Crippen LogP contribution in [0.3, 0.4) is 0 Å². The minimum atomic E-state index is -0.434. The van der Waals surface area contributed by atoms with E-state index >= 15 is 0 Å². The highest BCUT2D eigenvalue weighted by atomic mass is 35.5. The Hall–Kier alpha value is -1.42. The Morgan fingerprint density at radius 1 is 1.53 bits per heavy atom. The molecule has 1 aliphatic rings. The standard InChI is InChI=1S/C10H11NO3.ClH/c1-6-3-2-4-7(9(6)12)8-5-14-10(13)11-8;/h2-4,8,12H,5H2,1H3,(H,11,13);1H/t8-;/m1./s1. The number of aromatic hydroxyl groups is 1. The molecule has 0 spiro atoms.